The van der Waals surface area contributed by atoms with Gasteiger partial charge in [-0.1, -0.05) is 12.1 Å². The summed E-state index contributed by atoms with van der Waals surface area (Å²) in [4.78, 5) is 30.6. The van der Waals surface area contributed by atoms with E-state index in [4.69, 9.17) is 0 Å². The van der Waals surface area contributed by atoms with Crippen molar-refractivity contribution < 1.29 is 9.59 Å². The molecule has 0 unspecified atom stereocenters. The van der Waals surface area contributed by atoms with Gasteiger partial charge in [0.05, 0.1) is 10.2 Å². The van der Waals surface area contributed by atoms with E-state index >= 15 is 0 Å². The molecule has 0 saturated carbocycles. The third kappa shape index (κ3) is 3.85. The third-order valence-corrected chi connectivity index (χ3v) is 4.34. The molecule has 0 radical (unpaired) electrons. The van der Waals surface area contributed by atoms with E-state index in [9.17, 15) is 9.59 Å². The van der Waals surface area contributed by atoms with Crippen LogP contribution in [0.15, 0.2) is 47.1 Å². The average molecular weight is 391 g/mol. The number of rotatable bonds is 3. The maximum Gasteiger partial charge on any atom is 0.286 e. The average Bonchev–Trinajstić information content (AvgIpc) is 3.16. The third-order valence-electron chi connectivity index (χ3n) is 2.88. The van der Waals surface area contributed by atoms with Gasteiger partial charge < -0.3 is 4.98 Å². The highest BCUT2D eigenvalue weighted by Crippen LogP contribution is 2.22. The van der Waals surface area contributed by atoms with Crippen molar-refractivity contribution in [3.8, 4) is 0 Å². The molecular weight excluding hydrogens is 380 g/mol. The molecule has 0 aliphatic carbocycles. The van der Waals surface area contributed by atoms with Crippen LogP contribution in [0, 0.1) is 0 Å². The zero-order valence-electron chi connectivity index (χ0n) is 11.7. The maximum absolute atomic E-state index is 11.7. The van der Waals surface area contributed by atoms with Gasteiger partial charge in [0.2, 0.25) is 0 Å². The lowest BCUT2D eigenvalue weighted by molar-refractivity contribution is -0.117. The van der Waals surface area contributed by atoms with E-state index in [-0.39, 0.29) is 0 Å². The summed E-state index contributed by atoms with van der Waals surface area (Å²) in [7, 11) is 0. The van der Waals surface area contributed by atoms with Crippen molar-refractivity contribution >= 4 is 55.4 Å². The molecule has 0 bridgehead atoms. The fraction of sp³-hybridized carbons (Fsp3) is 0. The van der Waals surface area contributed by atoms with Crippen LogP contribution >= 0.6 is 27.3 Å². The number of hydrogen-bond donors (Lipinski definition) is 3. The molecule has 3 rings (SSSR count). The lowest BCUT2D eigenvalue weighted by Gasteiger charge is -2.02. The van der Waals surface area contributed by atoms with Crippen LogP contribution in [0.3, 0.4) is 0 Å². The molecule has 0 atom stereocenters. The molecule has 1 aromatic carbocycles. The number of nitrogens with zero attached hydrogens (tertiary/aromatic N) is 1. The Morgan fingerprint density at radius 3 is 2.83 bits per heavy atom. The van der Waals surface area contributed by atoms with Gasteiger partial charge in [-0.25, -0.2) is 4.98 Å². The summed E-state index contributed by atoms with van der Waals surface area (Å²) in [5.41, 5.74) is 5.86. The van der Waals surface area contributed by atoms with Crippen LogP contribution in [0.2, 0.25) is 0 Å². The molecule has 23 heavy (non-hydrogen) atoms. The van der Waals surface area contributed by atoms with E-state index in [1.165, 1.54) is 17.4 Å². The quantitative estimate of drug-likeness (QED) is 0.474. The number of aromatic amines is 1. The van der Waals surface area contributed by atoms with Crippen LogP contribution in [-0.2, 0) is 4.79 Å². The van der Waals surface area contributed by atoms with Crippen LogP contribution in [0.25, 0.3) is 16.3 Å². The van der Waals surface area contributed by atoms with E-state index in [0.717, 1.165) is 19.7 Å². The van der Waals surface area contributed by atoms with Gasteiger partial charge in [0.25, 0.3) is 11.8 Å². The Labute approximate surface area is 143 Å². The normalized spacial score (nSPS) is 11.0. The Kier molecular flexibility index (Phi) is 4.54. The first kappa shape index (κ1) is 15.4. The molecule has 8 heteroatoms. The summed E-state index contributed by atoms with van der Waals surface area (Å²) in [5.74, 6) is -0.874. The van der Waals surface area contributed by atoms with Crippen LogP contribution in [0.5, 0.6) is 0 Å². The molecule has 0 aliphatic rings. The topological polar surface area (TPSA) is 86.9 Å². The predicted molar refractivity (Wildman–Crippen MR) is 92.8 cm³/mol. The number of H-pyrrole nitrogens is 1. The van der Waals surface area contributed by atoms with Crippen LogP contribution in [0.4, 0.5) is 0 Å². The monoisotopic (exact) mass is 390 g/mol. The number of amides is 2. The van der Waals surface area contributed by atoms with Gasteiger partial charge in [0.1, 0.15) is 10.7 Å². The number of aromatic nitrogens is 2. The number of thiazole rings is 1. The number of hydrazine groups is 1. The number of para-hydroxylation sites is 1. The fourth-order valence-corrected chi connectivity index (χ4v) is 3.05. The van der Waals surface area contributed by atoms with Crippen molar-refractivity contribution in [1.82, 2.24) is 20.8 Å². The molecule has 0 aliphatic heterocycles. The van der Waals surface area contributed by atoms with E-state index in [1.807, 2.05) is 24.3 Å². The molecule has 0 fully saturated rings. The first-order valence-electron chi connectivity index (χ1n) is 6.60. The Hall–Kier alpha value is -2.45. The van der Waals surface area contributed by atoms with Crippen LogP contribution in [-0.4, -0.2) is 21.8 Å². The van der Waals surface area contributed by atoms with Crippen molar-refractivity contribution in [2.45, 2.75) is 0 Å². The molecular formula is C15H11BrN4O2S. The van der Waals surface area contributed by atoms with E-state index in [1.54, 1.807) is 18.3 Å². The van der Waals surface area contributed by atoms with E-state index in [2.05, 4.69) is 36.7 Å². The van der Waals surface area contributed by atoms with Gasteiger partial charge in [-0.05, 0) is 40.2 Å². The summed E-state index contributed by atoms with van der Waals surface area (Å²) in [5, 5.41) is 0.723. The fourth-order valence-electron chi connectivity index (χ4n) is 1.83. The summed E-state index contributed by atoms with van der Waals surface area (Å²) < 4.78 is 1.81. The second kappa shape index (κ2) is 6.76. The number of nitrogens with one attached hydrogen (secondary N) is 3. The van der Waals surface area contributed by atoms with Crippen LogP contribution in [0.1, 0.15) is 15.5 Å². The Morgan fingerprint density at radius 1 is 1.26 bits per heavy atom. The highest BCUT2D eigenvalue weighted by atomic mass is 79.9. The molecule has 116 valence electrons. The zero-order chi connectivity index (χ0) is 16.2. The molecule has 3 aromatic rings. The zero-order valence-corrected chi connectivity index (χ0v) is 14.1. The molecule has 6 nitrogen and oxygen atoms in total. The van der Waals surface area contributed by atoms with E-state index in [0.29, 0.717) is 5.69 Å². The SMILES string of the molecule is O=C(/C=C/c1nc2ccccc2s1)NNC(=O)c1cc(Br)c[nH]1. The lowest BCUT2D eigenvalue weighted by atomic mass is 10.3. The van der Waals surface area contributed by atoms with Gasteiger partial charge in [-0.3, -0.25) is 20.4 Å². The second-order valence-electron chi connectivity index (χ2n) is 4.53. The molecule has 2 aromatic heterocycles. The number of carbonyl (C=O) groups is 2. The molecule has 3 N–H and O–H groups in total. The smallest absolute Gasteiger partial charge is 0.286 e. The summed E-state index contributed by atoms with van der Waals surface area (Å²) in [6.45, 7) is 0. The van der Waals surface area contributed by atoms with Gasteiger partial charge in [0.15, 0.2) is 0 Å². The lowest BCUT2D eigenvalue weighted by Crippen LogP contribution is -2.40. The van der Waals surface area contributed by atoms with Crippen molar-refractivity contribution in [2.24, 2.45) is 0 Å². The van der Waals surface area contributed by atoms with Crippen molar-refractivity contribution in [1.29, 1.82) is 0 Å². The predicted octanol–water partition coefficient (Wildman–Crippen LogP) is 2.86. The number of halogens is 1. The van der Waals surface area contributed by atoms with Crippen molar-refractivity contribution in [2.75, 3.05) is 0 Å². The summed E-state index contributed by atoms with van der Waals surface area (Å²) >= 11 is 4.72. The van der Waals surface area contributed by atoms with Gasteiger partial charge in [-0.2, -0.15) is 0 Å². The standard InChI is InChI=1S/C15H11BrN4O2S/c16-9-7-11(17-8-9)15(22)20-19-13(21)5-6-14-18-10-3-1-2-4-12(10)23-14/h1-8,17H,(H,19,21)(H,20,22)/b6-5+. The summed E-state index contributed by atoms with van der Waals surface area (Å²) in [6.07, 6.45) is 4.56. The van der Waals surface area contributed by atoms with Crippen LogP contribution < -0.4 is 10.9 Å². The minimum absolute atomic E-state index is 0.340. The van der Waals surface area contributed by atoms with Gasteiger partial charge >= 0.3 is 0 Å². The Balaban J connectivity index is 1.57. The molecule has 2 amide bonds. The maximum atomic E-state index is 11.7. The minimum Gasteiger partial charge on any atom is -0.356 e. The first-order chi connectivity index (χ1) is 11.1. The molecule has 2 heterocycles. The number of benzene rings is 1. The number of fused-ring (bicyclic) bond motifs is 1. The Bertz CT molecular complexity index is 867. The van der Waals surface area contributed by atoms with Gasteiger partial charge in [0, 0.05) is 16.7 Å². The summed E-state index contributed by atoms with van der Waals surface area (Å²) in [6, 6.07) is 9.35. The van der Waals surface area contributed by atoms with E-state index < -0.39 is 11.8 Å². The highest BCUT2D eigenvalue weighted by Gasteiger charge is 2.08. The largest absolute Gasteiger partial charge is 0.356 e. The van der Waals surface area contributed by atoms with Crippen molar-refractivity contribution in [3.63, 3.8) is 0 Å². The minimum atomic E-state index is -0.441. The van der Waals surface area contributed by atoms with Gasteiger partial charge in [-0.15, -0.1) is 11.3 Å². The Morgan fingerprint density at radius 2 is 2.09 bits per heavy atom. The molecule has 0 spiro atoms. The first-order valence-corrected chi connectivity index (χ1v) is 8.20. The van der Waals surface area contributed by atoms with Crippen molar-refractivity contribution in [3.05, 3.63) is 57.8 Å². The molecule has 0 saturated heterocycles. The number of carbonyl (C=O) groups excluding carboxylic acids is 2. The second-order valence-corrected chi connectivity index (χ2v) is 6.51. The number of hydrogen-bond acceptors (Lipinski definition) is 4. The highest BCUT2D eigenvalue weighted by molar-refractivity contribution is 9.10.